The van der Waals surface area contributed by atoms with Crippen LogP contribution in [0.15, 0.2) is 30.5 Å². The summed E-state index contributed by atoms with van der Waals surface area (Å²) in [6, 6.07) is 7.82. The number of aromatic nitrogens is 2. The largest absolute Gasteiger partial charge is 0.313 e. The molecule has 0 atom stereocenters. The summed E-state index contributed by atoms with van der Waals surface area (Å²) < 4.78 is 2.00. The molecule has 0 aliphatic carbocycles. The highest BCUT2D eigenvalue weighted by molar-refractivity contribution is 6.30. The molecule has 2 aromatic rings. The number of nitrogens with zero attached hydrogens (tertiary/aromatic N) is 2. The molecule has 1 N–H and O–H groups in total. The van der Waals surface area contributed by atoms with E-state index in [1.165, 1.54) is 11.3 Å². The summed E-state index contributed by atoms with van der Waals surface area (Å²) in [7, 11) is 0. The first-order valence-electron chi connectivity index (χ1n) is 7.17. The predicted molar refractivity (Wildman–Crippen MR) is 84.7 cm³/mol. The van der Waals surface area contributed by atoms with Crippen molar-refractivity contribution in [1.82, 2.24) is 15.1 Å². The topological polar surface area (TPSA) is 29.9 Å². The first kappa shape index (κ1) is 15.1. The zero-order valence-corrected chi connectivity index (χ0v) is 13.1. The predicted octanol–water partition coefficient (Wildman–Crippen LogP) is 4.15. The van der Waals surface area contributed by atoms with Crippen LogP contribution in [0, 0.1) is 0 Å². The van der Waals surface area contributed by atoms with Crippen molar-refractivity contribution in [3.8, 4) is 5.69 Å². The Morgan fingerprint density at radius 1 is 1.35 bits per heavy atom. The van der Waals surface area contributed by atoms with Gasteiger partial charge >= 0.3 is 0 Å². The van der Waals surface area contributed by atoms with E-state index in [1.807, 2.05) is 35.1 Å². The first-order valence-corrected chi connectivity index (χ1v) is 7.54. The van der Waals surface area contributed by atoms with Crippen molar-refractivity contribution in [2.45, 2.75) is 39.7 Å². The Morgan fingerprint density at radius 2 is 2.15 bits per heavy atom. The maximum Gasteiger partial charge on any atom is 0.0663 e. The van der Waals surface area contributed by atoms with Gasteiger partial charge < -0.3 is 5.32 Å². The van der Waals surface area contributed by atoms with Crippen LogP contribution in [0.2, 0.25) is 5.02 Å². The van der Waals surface area contributed by atoms with Crippen molar-refractivity contribution in [3.05, 3.63) is 46.7 Å². The van der Waals surface area contributed by atoms with Gasteiger partial charge in [-0.05, 0) is 37.1 Å². The van der Waals surface area contributed by atoms with Crippen LogP contribution in [0.1, 0.15) is 44.4 Å². The second kappa shape index (κ2) is 6.91. The Bertz CT molecular complexity index is 561. The molecule has 0 fully saturated rings. The Labute approximate surface area is 126 Å². The fraction of sp³-hybridized carbons (Fsp3) is 0.438. The minimum absolute atomic E-state index is 0.412. The Balaban J connectivity index is 2.34. The lowest BCUT2D eigenvalue weighted by Gasteiger charge is -2.13. The average molecular weight is 292 g/mol. The third-order valence-corrected chi connectivity index (χ3v) is 3.46. The molecular formula is C16H22ClN3. The fourth-order valence-electron chi connectivity index (χ4n) is 2.36. The fourth-order valence-corrected chi connectivity index (χ4v) is 2.54. The summed E-state index contributed by atoms with van der Waals surface area (Å²) in [5.74, 6) is 0.412. The van der Waals surface area contributed by atoms with Crippen LogP contribution in [-0.4, -0.2) is 16.3 Å². The number of hydrogen-bond acceptors (Lipinski definition) is 2. The lowest BCUT2D eigenvalue weighted by molar-refractivity contribution is 0.658. The highest BCUT2D eigenvalue weighted by atomic mass is 35.5. The van der Waals surface area contributed by atoms with Crippen molar-refractivity contribution in [2.24, 2.45) is 0 Å². The van der Waals surface area contributed by atoms with Crippen molar-refractivity contribution >= 4 is 11.6 Å². The van der Waals surface area contributed by atoms with Crippen LogP contribution in [-0.2, 0) is 6.54 Å². The maximum atomic E-state index is 6.08. The molecule has 0 aliphatic rings. The zero-order valence-electron chi connectivity index (χ0n) is 12.4. The van der Waals surface area contributed by atoms with Gasteiger partial charge in [0.2, 0.25) is 0 Å². The lowest BCUT2D eigenvalue weighted by atomic mass is 10.1. The van der Waals surface area contributed by atoms with Gasteiger partial charge in [0.05, 0.1) is 17.6 Å². The SMILES string of the molecule is CCCNCc1cnn(-c2cccc(Cl)c2)c1C(C)C. The van der Waals surface area contributed by atoms with E-state index in [0.717, 1.165) is 30.2 Å². The molecule has 3 nitrogen and oxygen atoms in total. The molecule has 0 aliphatic heterocycles. The number of hydrogen-bond donors (Lipinski definition) is 1. The van der Waals surface area contributed by atoms with Crippen molar-refractivity contribution in [1.29, 1.82) is 0 Å². The molecule has 0 radical (unpaired) electrons. The van der Waals surface area contributed by atoms with E-state index < -0.39 is 0 Å². The minimum atomic E-state index is 0.412. The molecule has 0 amide bonds. The molecule has 4 heteroatoms. The third-order valence-electron chi connectivity index (χ3n) is 3.23. The molecule has 0 unspecified atom stereocenters. The summed E-state index contributed by atoms with van der Waals surface area (Å²) in [4.78, 5) is 0. The molecular weight excluding hydrogens is 270 g/mol. The Kier molecular flexibility index (Phi) is 5.21. The van der Waals surface area contributed by atoms with Crippen LogP contribution < -0.4 is 5.32 Å². The second-order valence-corrected chi connectivity index (χ2v) is 5.71. The van der Waals surface area contributed by atoms with Crippen molar-refractivity contribution in [3.63, 3.8) is 0 Å². The van der Waals surface area contributed by atoms with Gasteiger partial charge in [0.15, 0.2) is 0 Å². The van der Waals surface area contributed by atoms with Gasteiger partial charge in [0, 0.05) is 17.1 Å². The average Bonchev–Trinajstić information content (AvgIpc) is 2.83. The van der Waals surface area contributed by atoms with E-state index in [9.17, 15) is 0 Å². The third kappa shape index (κ3) is 3.41. The summed E-state index contributed by atoms with van der Waals surface area (Å²) in [6.45, 7) is 8.45. The molecule has 20 heavy (non-hydrogen) atoms. The van der Waals surface area contributed by atoms with E-state index in [4.69, 9.17) is 11.6 Å². The Morgan fingerprint density at radius 3 is 2.80 bits per heavy atom. The van der Waals surface area contributed by atoms with Crippen molar-refractivity contribution < 1.29 is 0 Å². The maximum absolute atomic E-state index is 6.08. The van der Waals surface area contributed by atoms with Crippen LogP contribution in [0.25, 0.3) is 5.69 Å². The summed E-state index contributed by atoms with van der Waals surface area (Å²) in [5, 5.41) is 8.72. The van der Waals surface area contributed by atoms with E-state index in [1.54, 1.807) is 0 Å². The monoisotopic (exact) mass is 291 g/mol. The molecule has 0 saturated heterocycles. The van der Waals surface area contributed by atoms with Crippen LogP contribution in [0.4, 0.5) is 0 Å². The molecule has 1 aromatic carbocycles. The van der Waals surface area contributed by atoms with E-state index in [2.05, 4.69) is 31.2 Å². The van der Waals surface area contributed by atoms with E-state index >= 15 is 0 Å². The zero-order chi connectivity index (χ0) is 14.5. The van der Waals surface area contributed by atoms with Gasteiger partial charge in [-0.2, -0.15) is 5.10 Å². The molecule has 0 spiro atoms. The molecule has 0 bridgehead atoms. The smallest absolute Gasteiger partial charge is 0.0663 e. The standard InChI is InChI=1S/C16H22ClN3/c1-4-8-18-10-13-11-19-20(16(13)12(2)3)15-7-5-6-14(17)9-15/h5-7,9,11-12,18H,4,8,10H2,1-3H3. The molecule has 2 rings (SSSR count). The van der Waals surface area contributed by atoms with Gasteiger partial charge in [-0.3, -0.25) is 0 Å². The van der Waals surface area contributed by atoms with Gasteiger partial charge in [-0.15, -0.1) is 0 Å². The van der Waals surface area contributed by atoms with Gasteiger partial charge in [0.1, 0.15) is 0 Å². The number of benzene rings is 1. The van der Waals surface area contributed by atoms with Gasteiger partial charge in [-0.25, -0.2) is 4.68 Å². The summed E-state index contributed by atoms with van der Waals surface area (Å²) >= 11 is 6.08. The molecule has 108 valence electrons. The van der Waals surface area contributed by atoms with E-state index in [-0.39, 0.29) is 0 Å². The highest BCUT2D eigenvalue weighted by Gasteiger charge is 2.15. The van der Waals surface area contributed by atoms with Gasteiger partial charge in [0.25, 0.3) is 0 Å². The second-order valence-electron chi connectivity index (χ2n) is 5.28. The number of halogens is 1. The first-order chi connectivity index (χ1) is 9.63. The molecule has 0 saturated carbocycles. The lowest BCUT2D eigenvalue weighted by Crippen LogP contribution is -2.15. The van der Waals surface area contributed by atoms with Crippen molar-refractivity contribution in [2.75, 3.05) is 6.54 Å². The number of nitrogens with one attached hydrogen (secondary N) is 1. The molecule has 1 aromatic heterocycles. The van der Waals surface area contributed by atoms with Crippen LogP contribution >= 0.6 is 11.6 Å². The van der Waals surface area contributed by atoms with Gasteiger partial charge in [-0.1, -0.05) is 38.4 Å². The van der Waals surface area contributed by atoms with E-state index in [0.29, 0.717) is 5.92 Å². The normalized spacial score (nSPS) is 11.2. The van der Waals surface area contributed by atoms with Crippen LogP contribution in [0.5, 0.6) is 0 Å². The quantitative estimate of drug-likeness (QED) is 0.810. The molecule has 1 heterocycles. The number of rotatable bonds is 6. The minimum Gasteiger partial charge on any atom is -0.313 e. The van der Waals surface area contributed by atoms with Crippen LogP contribution in [0.3, 0.4) is 0 Å². The summed E-state index contributed by atoms with van der Waals surface area (Å²) in [5.41, 5.74) is 3.52. The summed E-state index contributed by atoms with van der Waals surface area (Å²) in [6.07, 6.45) is 3.10. The Hall–Kier alpha value is -1.32. The highest BCUT2D eigenvalue weighted by Crippen LogP contribution is 2.24.